The highest BCUT2D eigenvalue weighted by molar-refractivity contribution is 8.01. The first-order valence-electron chi connectivity index (χ1n) is 9.12. The van der Waals surface area contributed by atoms with Crippen LogP contribution in [0.25, 0.3) is 0 Å². The van der Waals surface area contributed by atoms with Crippen molar-refractivity contribution < 1.29 is 33.4 Å². The zero-order valence-corrected chi connectivity index (χ0v) is 17.2. The minimum Gasteiger partial charge on any atom is -0.464 e. The number of esters is 3. The van der Waals surface area contributed by atoms with Crippen molar-refractivity contribution in [2.75, 3.05) is 6.61 Å². The standard InChI is InChI=1S/C18H27NO7S/c1-6-7-10(2)16(22)25-12(4)26-17(23)15-18(5,9-24-11(3)20)27-14-8-13(21)19(14)15/h10,12,14-15H,6-9H2,1-5H3/t10?,12?,14-,15+,18+/m1/s1. The van der Waals surface area contributed by atoms with Gasteiger partial charge in [0, 0.05) is 13.8 Å². The largest absolute Gasteiger partial charge is 0.464 e. The molecule has 0 saturated carbocycles. The topological polar surface area (TPSA) is 99.2 Å². The highest BCUT2D eigenvalue weighted by atomic mass is 32.2. The Labute approximate surface area is 163 Å². The van der Waals surface area contributed by atoms with Crippen LogP contribution in [-0.2, 0) is 33.4 Å². The Balaban J connectivity index is 2.03. The van der Waals surface area contributed by atoms with Gasteiger partial charge in [0.05, 0.1) is 22.5 Å². The monoisotopic (exact) mass is 401 g/mol. The van der Waals surface area contributed by atoms with Gasteiger partial charge in [-0.15, -0.1) is 11.8 Å². The molecule has 0 aromatic carbocycles. The molecule has 0 spiro atoms. The molecule has 2 heterocycles. The Kier molecular flexibility index (Phi) is 6.77. The molecule has 2 rings (SSSR count). The highest BCUT2D eigenvalue weighted by Gasteiger charge is 2.61. The number of amides is 1. The van der Waals surface area contributed by atoms with Gasteiger partial charge in [0.15, 0.2) is 0 Å². The van der Waals surface area contributed by atoms with Gasteiger partial charge in [-0.3, -0.25) is 14.4 Å². The van der Waals surface area contributed by atoms with Gasteiger partial charge in [0.25, 0.3) is 0 Å². The second-order valence-corrected chi connectivity index (χ2v) is 8.92. The zero-order valence-electron chi connectivity index (χ0n) is 16.4. The zero-order chi connectivity index (χ0) is 20.4. The van der Waals surface area contributed by atoms with E-state index in [0.717, 1.165) is 6.42 Å². The van der Waals surface area contributed by atoms with E-state index in [1.165, 1.54) is 30.5 Å². The molecule has 0 aromatic rings. The fourth-order valence-electron chi connectivity index (χ4n) is 3.28. The second-order valence-electron chi connectivity index (χ2n) is 7.20. The summed E-state index contributed by atoms with van der Waals surface area (Å²) in [6.45, 7) is 8.22. The summed E-state index contributed by atoms with van der Waals surface area (Å²) in [6, 6.07) is -0.901. The van der Waals surface area contributed by atoms with Crippen molar-refractivity contribution in [3.63, 3.8) is 0 Å². The Morgan fingerprint density at radius 2 is 1.96 bits per heavy atom. The minimum atomic E-state index is -1.07. The molecule has 0 N–H and O–H groups in total. The van der Waals surface area contributed by atoms with E-state index in [0.29, 0.717) is 12.8 Å². The number of rotatable bonds is 8. The summed E-state index contributed by atoms with van der Waals surface area (Å²) in [6.07, 6.45) is 0.797. The lowest BCUT2D eigenvalue weighted by atomic mass is 9.97. The number of β-lactam (4-membered cyclic amide) rings is 1. The number of hydrogen-bond donors (Lipinski definition) is 0. The van der Waals surface area contributed by atoms with Crippen LogP contribution in [0.3, 0.4) is 0 Å². The fourth-order valence-corrected chi connectivity index (χ4v) is 4.95. The maximum absolute atomic E-state index is 12.8. The quantitative estimate of drug-likeness (QED) is 0.345. The van der Waals surface area contributed by atoms with Crippen molar-refractivity contribution in [3.05, 3.63) is 0 Å². The van der Waals surface area contributed by atoms with E-state index >= 15 is 0 Å². The summed E-state index contributed by atoms with van der Waals surface area (Å²) in [5.74, 6) is -2.00. The van der Waals surface area contributed by atoms with E-state index < -0.39 is 35.0 Å². The number of hydrogen-bond acceptors (Lipinski definition) is 8. The second kappa shape index (κ2) is 8.50. The smallest absolute Gasteiger partial charge is 0.333 e. The predicted molar refractivity (Wildman–Crippen MR) is 97.4 cm³/mol. The fraction of sp³-hybridized carbons (Fsp3) is 0.778. The summed E-state index contributed by atoms with van der Waals surface area (Å²) < 4.78 is 14.8. The number of thioether (sulfide) groups is 1. The van der Waals surface area contributed by atoms with E-state index in [1.54, 1.807) is 13.8 Å². The summed E-state index contributed by atoms with van der Waals surface area (Å²) in [5.41, 5.74) is 0. The van der Waals surface area contributed by atoms with Gasteiger partial charge in [-0.25, -0.2) is 4.79 Å². The van der Waals surface area contributed by atoms with Gasteiger partial charge in [-0.05, 0) is 13.3 Å². The first-order chi connectivity index (χ1) is 12.6. The van der Waals surface area contributed by atoms with Crippen LogP contribution < -0.4 is 0 Å². The van der Waals surface area contributed by atoms with Crippen LogP contribution in [0.1, 0.15) is 53.9 Å². The summed E-state index contributed by atoms with van der Waals surface area (Å²) >= 11 is 1.42. The molecular formula is C18H27NO7S. The number of carbonyl (C=O) groups excluding carboxylic acids is 4. The minimum absolute atomic E-state index is 0.0191. The molecule has 0 aromatic heterocycles. The average molecular weight is 401 g/mol. The van der Waals surface area contributed by atoms with Gasteiger partial charge in [-0.2, -0.15) is 0 Å². The molecule has 8 nitrogen and oxygen atoms in total. The molecular weight excluding hydrogens is 374 g/mol. The van der Waals surface area contributed by atoms with Gasteiger partial charge in [0.2, 0.25) is 12.2 Å². The third-order valence-electron chi connectivity index (χ3n) is 4.68. The Morgan fingerprint density at radius 1 is 1.30 bits per heavy atom. The third-order valence-corrected chi connectivity index (χ3v) is 6.23. The summed E-state index contributed by atoms with van der Waals surface area (Å²) in [5, 5.41) is -0.141. The molecule has 27 heavy (non-hydrogen) atoms. The molecule has 2 saturated heterocycles. The SMILES string of the molecule is CCCC(C)C(=O)OC(C)OC(=O)[C@@H]1N2C(=O)C[C@H]2S[C@@]1(C)COC(C)=O. The van der Waals surface area contributed by atoms with Crippen LogP contribution in [0.4, 0.5) is 0 Å². The number of ether oxygens (including phenoxy) is 3. The van der Waals surface area contributed by atoms with Crippen molar-refractivity contribution in [2.24, 2.45) is 5.92 Å². The molecule has 1 amide bonds. The van der Waals surface area contributed by atoms with Crippen LogP contribution in [0.5, 0.6) is 0 Å². The van der Waals surface area contributed by atoms with Gasteiger partial charge < -0.3 is 19.1 Å². The molecule has 9 heteroatoms. The van der Waals surface area contributed by atoms with Gasteiger partial charge in [-0.1, -0.05) is 20.3 Å². The molecule has 2 unspecified atom stereocenters. The average Bonchev–Trinajstić information content (AvgIpc) is 2.81. The predicted octanol–water partition coefficient (Wildman–Crippen LogP) is 1.85. The third kappa shape index (κ3) is 4.75. The number of fused-ring (bicyclic) bond motifs is 1. The van der Waals surface area contributed by atoms with Crippen LogP contribution in [0.2, 0.25) is 0 Å². The molecule has 0 bridgehead atoms. The Hall–Kier alpha value is -1.77. The Morgan fingerprint density at radius 3 is 2.52 bits per heavy atom. The van der Waals surface area contributed by atoms with E-state index in [9.17, 15) is 19.2 Å². The highest BCUT2D eigenvalue weighted by Crippen LogP contribution is 2.51. The lowest BCUT2D eigenvalue weighted by Crippen LogP contribution is -2.59. The van der Waals surface area contributed by atoms with Crippen molar-refractivity contribution in [1.82, 2.24) is 4.90 Å². The molecule has 2 fully saturated rings. The molecule has 0 aliphatic carbocycles. The van der Waals surface area contributed by atoms with Crippen molar-refractivity contribution >= 4 is 35.6 Å². The van der Waals surface area contributed by atoms with Crippen LogP contribution in [-0.4, -0.2) is 57.8 Å². The maximum Gasteiger partial charge on any atom is 0.333 e. The van der Waals surface area contributed by atoms with Crippen molar-refractivity contribution in [2.45, 2.75) is 76.3 Å². The van der Waals surface area contributed by atoms with Crippen molar-refractivity contribution in [1.29, 1.82) is 0 Å². The van der Waals surface area contributed by atoms with E-state index in [4.69, 9.17) is 14.2 Å². The molecule has 0 radical (unpaired) electrons. The molecule has 152 valence electrons. The first-order valence-corrected chi connectivity index (χ1v) is 10.00. The first kappa shape index (κ1) is 21.5. The molecule has 2 aliphatic rings. The lowest BCUT2D eigenvalue weighted by Gasteiger charge is -2.38. The lowest BCUT2D eigenvalue weighted by molar-refractivity contribution is -0.193. The Bertz CT molecular complexity index is 625. The van der Waals surface area contributed by atoms with Crippen LogP contribution >= 0.6 is 11.8 Å². The van der Waals surface area contributed by atoms with E-state index in [2.05, 4.69) is 0 Å². The van der Waals surface area contributed by atoms with E-state index in [1.807, 2.05) is 6.92 Å². The number of carbonyl (C=O) groups is 4. The molecule has 2 aliphatic heterocycles. The van der Waals surface area contributed by atoms with Gasteiger partial charge >= 0.3 is 17.9 Å². The van der Waals surface area contributed by atoms with E-state index in [-0.39, 0.29) is 23.8 Å². The van der Waals surface area contributed by atoms with Crippen molar-refractivity contribution in [3.8, 4) is 0 Å². The van der Waals surface area contributed by atoms with Crippen LogP contribution in [0, 0.1) is 5.92 Å². The summed E-state index contributed by atoms with van der Waals surface area (Å²) in [4.78, 5) is 49.4. The van der Waals surface area contributed by atoms with Gasteiger partial charge in [0.1, 0.15) is 12.6 Å². The normalized spacial score (nSPS) is 28.6. The molecule has 5 atom stereocenters. The number of nitrogens with zero attached hydrogens (tertiary/aromatic N) is 1. The summed E-state index contributed by atoms with van der Waals surface area (Å²) in [7, 11) is 0. The van der Waals surface area contributed by atoms with Crippen LogP contribution in [0.15, 0.2) is 0 Å². The maximum atomic E-state index is 12.8.